The highest BCUT2D eigenvalue weighted by Crippen LogP contribution is 2.17. The van der Waals surface area contributed by atoms with E-state index in [-0.39, 0.29) is 10.8 Å². The van der Waals surface area contributed by atoms with Crippen molar-refractivity contribution in [3.05, 3.63) is 29.8 Å². The van der Waals surface area contributed by atoms with E-state index in [9.17, 15) is 21.6 Å². The summed E-state index contributed by atoms with van der Waals surface area (Å²) in [4.78, 5) is 9.84. The van der Waals surface area contributed by atoms with Crippen molar-refractivity contribution in [3.8, 4) is 0 Å². The first-order valence-electron chi connectivity index (χ1n) is 5.59. The fourth-order valence-electron chi connectivity index (χ4n) is 1.38. The average Bonchev–Trinajstić information content (AvgIpc) is 2.37. The summed E-state index contributed by atoms with van der Waals surface area (Å²) in [5.74, 6) is -0.617. The van der Waals surface area contributed by atoms with Gasteiger partial charge in [0.1, 0.15) is 5.88 Å². The maximum atomic E-state index is 11.9. The summed E-state index contributed by atoms with van der Waals surface area (Å²) in [5.41, 5.74) is 0.968. The minimum atomic E-state index is -4.32. The first kappa shape index (κ1) is 16.5. The molecule has 1 rings (SSSR count). The van der Waals surface area contributed by atoms with Crippen LogP contribution in [0.2, 0.25) is 0 Å². The molecule has 0 radical (unpaired) electrons. The lowest BCUT2D eigenvalue weighted by Gasteiger charge is -2.08. The van der Waals surface area contributed by atoms with Gasteiger partial charge in [-0.1, -0.05) is 30.4 Å². The van der Waals surface area contributed by atoms with E-state index in [1.54, 1.807) is 16.9 Å². The van der Waals surface area contributed by atoms with Crippen molar-refractivity contribution in [1.82, 2.24) is 4.72 Å². The molecule has 0 heterocycles. The zero-order chi connectivity index (χ0) is 15.4. The van der Waals surface area contributed by atoms with Gasteiger partial charge in [-0.15, -0.1) is 0 Å². The molecule has 1 N–H and O–H groups in total. The van der Waals surface area contributed by atoms with Gasteiger partial charge in [-0.3, -0.25) is 0 Å². The third-order valence-corrected chi connectivity index (χ3v) is 5.02. The number of hydrogen-bond donors (Lipinski definition) is 1. The molecule has 0 amide bonds. The molecule has 110 valence electrons. The number of sulfone groups is 1. The van der Waals surface area contributed by atoms with Crippen molar-refractivity contribution in [2.75, 3.05) is 5.88 Å². The number of rotatable bonds is 6. The number of carbonyl (C=O) groups excluding carboxylic acids is 1. The maximum absolute atomic E-state index is 11.9. The summed E-state index contributed by atoms with van der Waals surface area (Å²) < 4.78 is 50.1. The van der Waals surface area contributed by atoms with Gasteiger partial charge in [0.25, 0.3) is 6.08 Å². The van der Waals surface area contributed by atoms with Crippen LogP contribution in [-0.2, 0) is 24.8 Å². The Kier molecular flexibility index (Phi) is 5.18. The molecule has 1 aromatic rings. The quantitative estimate of drug-likeness (QED) is 0.613. The van der Waals surface area contributed by atoms with Gasteiger partial charge in [-0.2, -0.15) is 13.1 Å². The van der Waals surface area contributed by atoms with Gasteiger partial charge in [-0.25, -0.2) is 13.2 Å². The minimum absolute atomic E-state index is 0.0142. The van der Waals surface area contributed by atoms with Gasteiger partial charge in [0.2, 0.25) is 0 Å². The molecular formula is C11H14N2O5S2. The van der Waals surface area contributed by atoms with Crippen LogP contribution in [0, 0.1) is 0 Å². The van der Waals surface area contributed by atoms with Crippen molar-refractivity contribution < 1.29 is 21.6 Å². The SMILES string of the molecule is CC(C)c1ccc(S(=O)(=O)CNS(=O)(=O)N=C=O)cc1. The van der Waals surface area contributed by atoms with Gasteiger partial charge >= 0.3 is 10.2 Å². The Hall–Kier alpha value is -1.54. The molecule has 0 bridgehead atoms. The zero-order valence-corrected chi connectivity index (χ0v) is 12.5. The standard InChI is InChI=1S/C11H14N2O5S2/c1-9(2)10-3-5-11(6-4-10)19(15,16)8-13-20(17,18)12-7-14/h3-6,9,13H,8H2,1-2H3. The van der Waals surface area contributed by atoms with Gasteiger partial charge in [0.05, 0.1) is 4.90 Å². The topological polar surface area (TPSA) is 110 Å². The second-order valence-corrected chi connectivity index (χ2v) is 7.70. The van der Waals surface area contributed by atoms with Crippen molar-refractivity contribution in [1.29, 1.82) is 0 Å². The third-order valence-electron chi connectivity index (χ3n) is 2.49. The summed E-state index contributed by atoms with van der Waals surface area (Å²) in [6.07, 6.45) is 0.834. The van der Waals surface area contributed by atoms with Crippen LogP contribution in [0.5, 0.6) is 0 Å². The molecule has 0 saturated carbocycles. The van der Waals surface area contributed by atoms with Crippen molar-refractivity contribution >= 4 is 26.1 Å². The Morgan fingerprint density at radius 3 is 2.15 bits per heavy atom. The van der Waals surface area contributed by atoms with Crippen LogP contribution in [-0.4, -0.2) is 28.8 Å². The normalized spacial score (nSPS) is 12.2. The lowest BCUT2D eigenvalue weighted by molar-refractivity contribution is 0.561. The predicted octanol–water partition coefficient (Wildman–Crippen LogP) is 0.711. The Bertz CT molecular complexity index is 715. The van der Waals surface area contributed by atoms with Crippen molar-refractivity contribution in [2.24, 2.45) is 4.40 Å². The second kappa shape index (κ2) is 6.27. The molecule has 0 atom stereocenters. The molecule has 0 saturated heterocycles. The lowest BCUT2D eigenvalue weighted by atomic mass is 10.0. The van der Waals surface area contributed by atoms with Crippen molar-refractivity contribution in [2.45, 2.75) is 24.7 Å². The van der Waals surface area contributed by atoms with Gasteiger partial charge < -0.3 is 0 Å². The molecule has 0 aromatic heterocycles. The Morgan fingerprint density at radius 1 is 1.15 bits per heavy atom. The largest absolute Gasteiger partial charge is 0.331 e. The predicted molar refractivity (Wildman–Crippen MR) is 72.8 cm³/mol. The molecule has 0 aliphatic carbocycles. The molecule has 0 aliphatic rings. The van der Waals surface area contributed by atoms with Crippen molar-refractivity contribution in [3.63, 3.8) is 0 Å². The molecule has 0 aliphatic heterocycles. The molecule has 0 unspecified atom stereocenters. The third kappa shape index (κ3) is 4.53. The van der Waals surface area contributed by atoms with Crippen LogP contribution >= 0.6 is 0 Å². The smallest absolute Gasteiger partial charge is 0.222 e. The summed E-state index contributed by atoms with van der Waals surface area (Å²) in [6.45, 7) is 3.93. The molecule has 0 spiro atoms. The van der Waals surface area contributed by atoms with E-state index in [1.807, 2.05) is 13.8 Å². The lowest BCUT2D eigenvalue weighted by Crippen LogP contribution is -2.28. The first-order chi connectivity index (χ1) is 9.18. The molecule has 7 nitrogen and oxygen atoms in total. The Labute approximate surface area is 117 Å². The van der Waals surface area contributed by atoms with E-state index in [2.05, 4.69) is 4.40 Å². The highest BCUT2D eigenvalue weighted by Gasteiger charge is 2.18. The van der Waals surface area contributed by atoms with Crippen LogP contribution in [0.25, 0.3) is 0 Å². The fraction of sp³-hybridized carbons (Fsp3) is 0.364. The Balaban J connectivity index is 2.92. The number of nitrogens with one attached hydrogen (secondary N) is 1. The van der Waals surface area contributed by atoms with E-state index in [0.717, 1.165) is 11.6 Å². The number of isocyanates is 1. The summed E-state index contributed by atoms with van der Waals surface area (Å²) >= 11 is 0. The molecule has 0 fully saturated rings. The molecule has 9 heteroatoms. The zero-order valence-electron chi connectivity index (χ0n) is 10.9. The average molecular weight is 318 g/mol. The van der Waals surface area contributed by atoms with E-state index in [1.165, 1.54) is 12.1 Å². The second-order valence-electron chi connectivity index (χ2n) is 4.28. The molecule has 1 aromatic carbocycles. The number of hydrogen-bond acceptors (Lipinski definition) is 5. The van der Waals surface area contributed by atoms with E-state index in [0.29, 0.717) is 0 Å². The van der Waals surface area contributed by atoms with E-state index < -0.39 is 25.9 Å². The fourth-order valence-corrected chi connectivity index (χ4v) is 3.47. The van der Waals surface area contributed by atoms with Gasteiger partial charge in [-0.05, 0) is 23.6 Å². The minimum Gasteiger partial charge on any atom is -0.222 e. The number of nitrogens with zero attached hydrogens (tertiary/aromatic N) is 1. The van der Waals surface area contributed by atoms with Crippen LogP contribution in [0.3, 0.4) is 0 Å². The molecular weight excluding hydrogens is 304 g/mol. The van der Waals surface area contributed by atoms with Gasteiger partial charge in [0, 0.05) is 0 Å². The maximum Gasteiger partial charge on any atom is 0.331 e. The Morgan fingerprint density at radius 2 is 1.70 bits per heavy atom. The first-order valence-corrected chi connectivity index (χ1v) is 8.68. The van der Waals surface area contributed by atoms with Crippen LogP contribution < -0.4 is 4.72 Å². The van der Waals surface area contributed by atoms with E-state index >= 15 is 0 Å². The summed E-state index contributed by atoms with van der Waals surface area (Å²) in [5, 5.41) is 0. The molecule has 20 heavy (non-hydrogen) atoms. The highest BCUT2D eigenvalue weighted by molar-refractivity contribution is 7.93. The summed E-state index contributed by atoms with van der Waals surface area (Å²) in [7, 11) is -8.16. The number of benzene rings is 1. The van der Waals surface area contributed by atoms with Crippen LogP contribution in [0.4, 0.5) is 0 Å². The van der Waals surface area contributed by atoms with E-state index in [4.69, 9.17) is 0 Å². The van der Waals surface area contributed by atoms with Crippen LogP contribution in [0.1, 0.15) is 25.3 Å². The highest BCUT2D eigenvalue weighted by atomic mass is 32.2. The van der Waals surface area contributed by atoms with Crippen LogP contribution in [0.15, 0.2) is 33.6 Å². The monoisotopic (exact) mass is 318 g/mol. The van der Waals surface area contributed by atoms with Gasteiger partial charge in [0.15, 0.2) is 9.84 Å². The summed E-state index contributed by atoms with van der Waals surface area (Å²) in [6, 6.07) is 6.13.